The van der Waals surface area contributed by atoms with E-state index in [1.165, 1.54) is 10.9 Å². The number of amides is 1. The van der Waals surface area contributed by atoms with Gasteiger partial charge in [-0.15, -0.1) is 0 Å². The summed E-state index contributed by atoms with van der Waals surface area (Å²) in [7, 11) is -16.2. The van der Waals surface area contributed by atoms with Crippen LogP contribution in [0.15, 0.2) is 12.4 Å². The van der Waals surface area contributed by atoms with Gasteiger partial charge in [0.05, 0.1) is 25.2 Å². The highest BCUT2D eigenvalue weighted by Gasteiger charge is 2.55. The molecule has 0 saturated carbocycles. The summed E-state index contributed by atoms with van der Waals surface area (Å²) >= 11 is 5.26. The van der Waals surface area contributed by atoms with Crippen LogP contribution in [0.4, 0.5) is 0 Å². The molecule has 0 aromatic carbocycles. The second kappa shape index (κ2) is 12.2. The number of nitrogens with zero attached hydrogens (tertiary/aromatic N) is 5. The molecule has 2 saturated heterocycles. The average molecular weight is 698 g/mol. The van der Waals surface area contributed by atoms with Crippen LogP contribution in [0.1, 0.15) is 23.4 Å². The maximum absolute atomic E-state index is 13.0. The molecule has 3 N–H and O–H groups in total. The Morgan fingerprint density at radius 1 is 1.16 bits per heavy atom. The van der Waals surface area contributed by atoms with Crippen LogP contribution in [-0.4, -0.2) is 71.3 Å². The molecule has 1 amide bonds. The number of rotatable bonds is 11. The molecule has 3 aromatic heterocycles. The van der Waals surface area contributed by atoms with Crippen molar-refractivity contribution >= 4 is 52.8 Å². The number of hydrogen-bond acceptors (Lipinski definition) is 17. The van der Waals surface area contributed by atoms with E-state index in [2.05, 4.69) is 38.5 Å². The quantitative estimate of drug-likeness (QED) is 0.153. The highest BCUT2D eigenvalue weighted by atomic mass is 32.1. The number of hydrogen-bond donors (Lipinski definition) is 3. The summed E-state index contributed by atoms with van der Waals surface area (Å²) in [6.45, 7) is 2.56. The first kappa shape index (κ1) is 33.1. The molecule has 25 heteroatoms. The lowest BCUT2D eigenvalue weighted by atomic mass is 10.1. The molecule has 242 valence electrons. The summed E-state index contributed by atoms with van der Waals surface area (Å²) in [6.07, 6.45) is -4.88. The van der Waals surface area contributed by atoms with Gasteiger partial charge in [-0.25, -0.2) is 18.6 Å². The van der Waals surface area contributed by atoms with Crippen molar-refractivity contribution in [3.8, 4) is 0 Å². The summed E-state index contributed by atoms with van der Waals surface area (Å²) in [6, 6.07) is 1.76. The zero-order chi connectivity index (χ0) is 32.2. The highest BCUT2D eigenvalue weighted by molar-refractivity contribution is 7.71. The molecular weight excluding hydrogens is 675 g/mol. The summed E-state index contributed by atoms with van der Waals surface area (Å²) < 4.78 is 66.8. The Morgan fingerprint density at radius 3 is 2.52 bits per heavy atom. The van der Waals surface area contributed by atoms with E-state index in [1.807, 2.05) is 6.92 Å². The fourth-order valence-electron chi connectivity index (χ4n) is 4.49. The molecule has 21 nitrogen and oxygen atoms in total. The molecule has 0 aliphatic carbocycles. The number of aromatic nitrogens is 6. The topological polar surface area (TPSA) is 289 Å². The van der Waals surface area contributed by atoms with E-state index in [1.54, 1.807) is 24.7 Å². The van der Waals surface area contributed by atoms with E-state index in [0.717, 1.165) is 5.69 Å². The van der Waals surface area contributed by atoms with Crippen molar-refractivity contribution in [2.45, 2.75) is 51.2 Å². The van der Waals surface area contributed by atoms with E-state index in [0.29, 0.717) is 22.7 Å². The number of phosphoric acid groups is 3. The molecule has 8 unspecified atom stereocenters. The number of H-pyrrole nitrogens is 1. The highest BCUT2D eigenvalue weighted by Crippen LogP contribution is 2.61. The van der Waals surface area contributed by atoms with Gasteiger partial charge in [-0.05, 0) is 19.9 Å². The lowest BCUT2D eigenvalue weighted by Gasteiger charge is -2.33. The van der Waals surface area contributed by atoms with Crippen molar-refractivity contribution in [1.82, 2.24) is 34.6 Å². The van der Waals surface area contributed by atoms with Gasteiger partial charge in [0, 0.05) is 12.7 Å². The molecule has 0 bridgehead atoms. The van der Waals surface area contributed by atoms with Crippen molar-refractivity contribution in [3.63, 3.8) is 0 Å². The molecule has 0 spiro atoms. The van der Waals surface area contributed by atoms with Gasteiger partial charge >= 0.3 is 0 Å². The van der Waals surface area contributed by atoms with Crippen molar-refractivity contribution < 1.29 is 65.4 Å². The third kappa shape index (κ3) is 7.41. The van der Waals surface area contributed by atoms with Crippen LogP contribution in [-0.2, 0) is 59.4 Å². The maximum atomic E-state index is 13.0. The van der Waals surface area contributed by atoms with Crippen LogP contribution in [0.5, 0.6) is 0 Å². The second-order valence-electron chi connectivity index (χ2n) is 9.52. The van der Waals surface area contributed by atoms with Crippen LogP contribution in [0.25, 0.3) is 11.2 Å². The number of fused-ring (bicyclic) bond motifs is 2. The van der Waals surface area contributed by atoms with Crippen molar-refractivity contribution in [3.05, 3.63) is 34.2 Å². The van der Waals surface area contributed by atoms with Gasteiger partial charge in [0.1, 0.15) is 35.3 Å². The van der Waals surface area contributed by atoms with Crippen molar-refractivity contribution in [2.24, 2.45) is 7.05 Å². The van der Waals surface area contributed by atoms with Crippen LogP contribution < -0.4 is 20.0 Å². The van der Waals surface area contributed by atoms with Gasteiger partial charge in [0.15, 0.2) is 10.9 Å². The molecule has 8 atom stereocenters. The summed E-state index contributed by atoms with van der Waals surface area (Å²) in [5.41, 5.74) is 2.07. The first-order valence-electron chi connectivity index (χ1n) is 12.3. The third-order valence-electron chi connectivity index (χ3n) is 6.31. The zero-order valence-corrected chi connectivity index (χ0v) is 26.2. The van der Waals surface area contributed by atoms with E-state index in [9.17, 15) is 33.2 Å². The molecule has 3 aromatic rings. The number of nitrogens with one attached hydrogen (secondary N) is 2. The number of phosphoric ester groups is 1. The Morgan fingerprint density at radius 2 is 1.86 bits per heavy atom. The Bertz CT molecular complexity index is 1770. The van der Waals surface area contributed by atoms with Crippen LogP contribution >= 0.6 is 35.7 Å². The predicted molar refractivity (Wildman–Crippen MR) is 138 cm³/mol. The normalized spacial score (nSPS) is 27.5. The van der Waals surface area contributed by atoms with Crippen molar-refractivity contribution in [1.29, 1.82) is 0 Å². The summed E-state index contributed by atoms with van der Waals surface area (Å²) in [4.78, 5) is 67.3. The zero-order valence-electron chi connectivity index (χ0n) is 22.7. The minimum absolute atomic E-state index is 0.0404. The molecule has 2 fully saturated rings. The summed E-state index contributed by atoms with van der Waals surface area (Å²) in [5, 5.41) is 6.88. The lowest BCUT2D eigenvalue weighted by Crippen LogP contribution is -2.37. The van der Waals surface area contributed by atoms with Crippen LogP contribution in [0.2, 0.25) is 0 Å². The number of aromatic amines is 1. The average Bonchev–Trinajstić information content (AvgIpc) is 3.63. The molecule has 0 radical (unpaired) electrons. The largest absolute Gasteiger partial charge is 0.756 e. The molecule has 2 aliphatic heterocycles. The van der Waals surface area contributed by atoms with E-state index < -0.39 is 66.8 Å². The van der Waals surface area contributed by atoms with Gasteiger partial charge < -0.3 is 48.6 Å². The minimum Gasteiger partial charge on any atom is -0.756 e. The van der Waals surface area contributed by atoms with Crippen LogP contribution in [0, 0.1) is 18.5 Å². The third-order valence-corrected chi connectivity index (χ3v) is 10.3. The Kier molecular flexibility index (Phi) is 9.15. The van der Waals surface area contributed by atoms with E-state index in [-0.39, 0.29) is 11.2 Å². The van der Waals surface area contributed by atoms with E-state index in [4.69, 9.17) is 31.3 Å². The maximum Gasteiger partial charge on any atom is 0.280 e. The second-order valence-corrected chi connectivity index (χ2v) is 14.2. The number of aryl methyl sites for hydroxylation is 3. The fraction of sp³-hybridized carbons (Fsp3) is 0.526. The lowest BCUT2D eigenvalue weighted by molar-refractivity contribution is -0.250. The fourth-order valence-corrected chi connectivity index (χ4v) is 7.67. The van der Waals surface area contributed by atoms with Crippen molar-refractivity contribution in [2.75, 3.05) is 6.61 Å². The van der Waals surface area contributed by atoms with E-state index >= 15 is 0 Å². The van der Waals surface area contributed by atoms with Gasteiger partial charge in [0.2, 0.25) is 6.29 Å². The molecule has 2 aliphatic rings. The SMILES string of the molecule is Cc1nc(=S)c2ncn(C3OC(COP(=O)([O-])OP(=O)([O-])OP(=O)([O-])O)C4OC(C(=O)NCc5cc(C)n(C)n5)OC43)c2[nH]1. The Hall–Kier alpha value is -2.26. The van der Waals surface area contributed by atoms with Gasteiger partial charge in [-0.3, -0.25) is 27.7 Å². The number of carbonyl (C=O) groups is 1. The number of ether oxygens (including phenoxy) is 3. The smallest absolute Gasteiger partial charge is 0.280 e. The molecule has 5 heterocycles. The van der Waals surface area contributed by atoms with Crippen LogP contribution in [0.3, 0.4) is 0 Å². The Balaban J connectivity index is 1.35. The number of imidazole rings is 1. The monoisotopic (exact) mass is 698 g/mol. The standard InChI is InChI=1S/C19H26N7O14P3S/c1-8-4-10(24-25(8)3)5-20-16(27)19-37-13-11(6-35-42(31,32)40-43(33,34)39-41(28,29)30)36-18(14(13)38-19)26-7-21-12-15(26)22-9(2)23-17(12)44/h4,7,11,13-14,18-19H,5-6H2,1-3H3,(H,20,27)(H,31,32)(H,33,34)(H,22,23,44)(H2,28,29,30)/p-3. The van der Waals surface area contributed by atoms with Gasteiger partial charge in [0.25, 0.3) is 29.4 Å². The predicted octanol–water partition coefficient (Wildman–Crippen LogP) is -1.39. The molecule has 44 heavy (non-hydrogen) atoms. The number of carbonyl (C=O) groups excluding carboxylic acids is 1. The van der Waals surface area contributed by atoms with Gasteiger partial charge in [-0.2, -0.15) is 5.10 Å². The van der Waals surface area contributed by atoms with Gasteiger partial charge in [-0.1, -0.05) is 12.2 Å². The first-order valence-corrected chi connectivity index (χ1v) is 17.1. The first-order chi connectivity index (χ1) is 20.4. The molecule has 5 rings (SSSR count). The summed E-state index contributed by atoms with van der Waals surface area (Å²) in [5.74, 6) is -0.257. The Labute approximate surface area is 251 Å². The molecular formula is C19H23N7O14P3S-3. The minimum atomic E-state index is -6.13.